The van der Waals surface area contributed by atoms with Crippen LogP contribution in [0.2, 0.25) is 0 Å². The number of methoxy groups -OCH3 is 1. The zero-order chi connectivity index (χ0) is 15.6. The summed E-state index contributed by atoms with van der Waals surface area (Å²) in [7, 11) is 0.226. The van der Waals surface area contributed by atoms with Gasteiger partial charge in [-0.25, -0.2) is 0 Å². The molecule has 0 aliphatic heterocycles. The van der Waals surface area contributed by atoms with Crippen molar-refractivity contribution in [1.29, 1.82) is 0 Å². The number of aliphatic hydroxyl groups is 2. The SMILES string of the molecule is COc1ccc(CO)cc1B(O)OC(C)(C)C(C)(C)O. The van der Waals surface area contributed by atoms with E-state index in [1.54, 1.807) is 45.9 Å². The van der Waals surface area contributed by atoms with Gasteiger partial charge in [-0.1, -0.05) is 12.1 Å². The molecular weight excluding hydrogens is 259 g/mol. The van der Waals surface area contributed by atoms with Crippen LogP contribution >= 0.6 is 0 Å². The van der Waals surface area contributed by atoms with E-state index in [-0.39, 0.29) is 6.61 Å². The Kier molecular flexibility index (Phi) is 5.21. The lowest BCUT2D eigenvalue weighted by Gasteiger charge is -2.38. The maximum Gasteiger partial charge on any atom is 0.495 e. The molecule has 3 N–H and O–H groups in total. The molecule has 0 aliphatic rings. The predicted octanol–water partition coefficient (Wildman–Crippen LogP) is 0.441. The van der Waals surface area contributed by atoms with Gasteiger partial charge in [-0.15, -0.1) is 0 Å². The van der Waals surface area contributed by atoms with Crippen LogP contribution in [0.5, 0.6) is 5.75 Å². The Morgan fingerprint density at radius 3 is 2.25 bits per heavy atom. The van der Waals surface area contributed by atoms with Crippen molar-refractivity contribution in [3.05, 3.63) is 23.8 Å². The van der Waals surface area contributed by atoms with Crippen molar-refractivity contribution < 1.29 is 24.6 Å². The molecule has 6 heteroatoms. The number of ether oxygens (including phenoxy) is 1. The van der Waals surface area contributed by atoms with E-state index in [0.717, 1.165) is 0 Å². The van der Waals surface area contributed by atoms with Crippen LogP contribution in [0.4, 0.5) is 0 Å². The van der Waals surface area contributed by atoms with E-state index in [9.17, 15) is 10.1 Å². The standard InChI is InChI=1S/C14H23BO5/c1-13(2,17)14(3,4)20-15(18)11-8-10(9-16)6-7-12(11)19-5/h6-8,16-18H,9H2,1-5H3. The average Bonchev–Trinajstić information content (AvgIpc) is 2.36. The van der Waals surface area contributed by atoms with Crippen molar-refractivity contribution >= 4 is 12.6 Å². The van der Waals surface area contributed by atoms with Crippen molar-refractivity contribution in [2.75, 3.05) is 7.11 Å². The van der Waals surface area contributed by atoms with E-state index in [1.807, 2.05) is 0 Å². The van der Waals surface area contributed by atoms with Gasteiger partial charge in [-0.3, -0.25) is 0 Å². The topological polar surface area (TPSA) is 79.2 Å². The summed E-state index contributed by atoms with van der Waals surface area (Å²) >= 11 is 0. The summed E-state index contributed by atoms with van der Waals surface area (Å²) < 4.78 is 10.8. The molecule has 0 heterocycles. The van der Waals surface area contributed by atoms with Crippen molar-refractivity contribution in [3.63, 3.8) is 0 Å². The minimum atomic E-state index is -1.27. The first-order valence-electron chi connectivity index (χ1n) is 6.48. The molecule has 20 heavy (non-hydrogen) atoms. The van der Waals surface area contributed by atoms with Crippen molar-refractivity contribution in [2.45, 2.75) is 45.5 Å². The second-order valence-electron chi connectivity index (χ2n) is 5.77. The van der Waals surface area contributed by atoms with E-state index in [1.165, 1.54) is 7.11 Å². The summed E-state index contributed by atoms with van der Waals surface area (Å²) in [5.74, 6) is 0.459. The molecule has 0 unspecified atom stereocenters. The van der Waals surface area contributed by atoms with Crippen LogP contribution in [0.25, 0.3) is 0 Å². The Balaban J connectivity index is 3.05. The van der Waals surface area contributed by atoms with E-state index >= 15 is 0 Å². The Hall–Kier alpha value is -1.08. The van der Waals surface area contributed by atoms with Crippen LogP contribution in [0.15, 0.2) is 18.2 Å². The van der Waals surface area contributed by atoms with E-state index in [2.05, 4.69) is 0 Å². The summed E-state index contributed by atoms with van der Waals surface area (Å²) in [6.45, 7) is 6.47. The maximum absolute atomic E-state index is 10.3. The molecule has 1 rings (SSSR count). The molecular formula is C14H23BO5. The molecule has 0 saturated heterocycles. The van der Waals surface area contributed by atoms with Gasteiger partial charge in [0.2, 0.25) is 0 Å². The minimum Gasteiger partial charge on any atom is -0.497 e. The first-order valence-corrected chi connectivity index (χ1v) is 6.48. The quantitative estimate of drug-likeness (QED) is 0.660. The van der Waals surface area contributed by atoms with Gasteiger partial charge < -0.3 is 24.6 Å². The third-order valence-corrected chi connectivity index (χ3v) is 3.62. The number of hydrogen-bond donors (Lipinski definition) is 3. The minimum absolute atomic E-state index is 0.140. The fraction of sp³-hybridized carbons (Fsp3) is 0.571. The fourth-order valence-corrected chi connectivity index (χ4v) is 1.56. The van der Waals surface area contributed by atoms with E-state index in [4.69, 9.17) is 14.5 Å². The third kappa shape index (κ3) is 3.73. The molecule has 0 spiro atoms. The molecule has 1 aromatic carbocycles. The van der Waals surface area contributed by atoms with Gasteiger partial charge in [0, 0.05) is 5.46 Å². The first kappa shape index (κ1) is 17.0. The normalized spacial score (nSPS) is 12.4. The van der Waals surface area contributed by atoms with E-state index < -0.39 is 18.3 Å². The predicted molar refractivity (Wildman–Crippen MR) is 78.0 cm³/mol. The average molecular weight is 282 g/mol. The molecule has 0 aliphatic carbocycles. The molecule has 0 saturated carbocycles. The monoisotopic (exact) mass is 282 g/mol. The van der Waals surface area contributed by atoms with Gasteiger partial charge >= 0.3 is 7.12 Å². The summed E-state index contributed by atoms with van der Waals surface area (Å²) in [6, 6.07) is 4.98. The molecule has 0 atom stereocenters. The zero-order valence-electron chi connectivity index (χ0n) is 12.7. The van der Waals surface area contributed by atoms with Gasteiger partial charge in [-0.2, -0.15) is 0 Å². The van der Waals surface area contributed by atoms with Crippen molar-refractivity contribution in [1.82, 2.24) is 0 Å². The van der Waals surface area contributed by atoms with Gasteiger partial charge in [0.05, 0.1) is 24.9 Å². The van der Waals surface area contributed by atoms with Gasteiger partial charge in [0.25, 0.3) is 0 Å². The lowest BCUT2D eigenvalue weighted by molar-refractivity contribution is -0.0983. The first-order chi connectivity index (χ1) is 9.12. The molecule has 1 aromatic rings. The highest BCUT2D eigenvalue weighted by Crippen LogP contribution is 2.26. The summed E-state index contributed by atoms with van der Waals surface area (Å²) in [4.78, 5) is 0. The molecule has 0 radical (unpaired) electrons. The largest absolute Gasteiger partial charge is 0.497 e. The van der Waals surface area contributed by atoms with Crippen molar-refractivity contribution in [3.8, 4) is 5.75 Å². The number of rotatable bonds is 6. The number of hydrogen-bond acceptors (Lipinski definition) is 5. The molecule has 0 fully saturated rings. The maximum atomic E-state index is 10.3. The fourth-order valence-electron chi connectivity index (χ4n) is 1.56. The second-order valence-corrected chi connectivity index (χ2v) is 5.77. The molecule has 112 valence electrons. The number of benzene rings is 1. The Bertz CT molecular complexity index is 453. The lowest BCUT2D eigenvalue weighted by Crippen LogP contribution is -2.53. The van der Waals surface area contributed by atoms with E-state index in [0.29, 0.717) is 16.8 Å². The van der Waals surface area contributed by atoms with Crippen LogP contribution in [0, 0.1) is 0 Å². The Morgan fingerprint density at radius 2 is 1.80 bits per heavy atom. The number of aliphatic hydroxyl groups excluding tert-OH is 1. The molecule has 0 amide bonds. The summed E-state index contributed by atoms with van der Waals surface area (Å²) in [5, 5.41) is 29.5. The van der Waals surface area contributed by atoms with Gasteiger partial charge in [0.15, 0.2) is 0 Å². The lowest BCUT2D eigenvalue weighted by atomic mass is 9.75. The van der Waals surface area contributed by atoms with Crippen LogP contribution in [-0.2, 0) is 11.3 Å². The Labute approximate surface area is 120 Å². The van der Waals surface area contributed by atoms with Gasteiger partial charge in [0.1, 0.15) is 5.75 Å². The van der Waals surface area contributed by atoms with Crippen molar-refractivity contribution in [2.24, 2.45) is 0 Å². The molecule has 5 nitrogen and oxygen atoms in total. The third-order valence-electron chi connectivity index (χ3n) is 3.62. The highest BCUT2D eigenvalue weighted by molar-refractivity contribution is 6.61. The van der Waals surface area contributed by atoms with Crippen LogP contribution in [0.3, 0.4) is 0 Å². The van der Waals surface area contributed by atoms with Crippen LogP contribution in [-0.4, -0.2) is 40.7 Å². The summed E-state index contributed by atoms with van der Waals surface area (Å²) in [6.07, 6.45) is 0. The summed E-state index contributed by atoms with van der Waals surface area (Å²) in [5.41, 5.74) is -1.04. The highest BCUT2D eigenvalue weighted by atomic mass is 16.6. The molecule has 0 aromatic heterocycles. The highest BCUT2D eigenvalue weighted by Gasteiger charge is 2.40. The van der Waals surface area contributed by atoms with Crippen LogP contribution < -0.4 is 10.2 Å². The van der Waals surface area contributed by atoms with Gasteiger partial charge in [-0.05, 0) is 39.3 Å². The zero-order valence-corrected chi connectivity index (χ0v) is 12.7. The molecule has 0 bridgehead atoms. The van der Waals surface area contributed by atoms with Crippen LogP contribution in [0.1, 0.15) is 33.3 Å². The smallest absolute Gasteiger partial charge is 0.495 e. The Morgan fingerprint density at radius 1 is 1.20 bits per heavy atom. The second kappa shape index (κ2) is 6.14.